The monoisotopic (exact) mass is 426 g/mol. The van der Waals surface area contributed by atoms with Crippen molar-refractivity contribution in [2.75, 3.05) is 0 Å². The molecule has 1 aliphatic rings. The SMILES string of the molecule is Cc1ccc(/C=C2\Oc3c(ccc(OC(=O)c4ccc(C(C)(C)C)cc4)c3C)C2=O)cc1. The smallest absolute Gasteiger partial charge is 0.343 e. The zero-order valence-corrected chi connectivity index (χ0v) is 19.0. The molecule has 0 atom stereocenters. The first kappa shape index (κ1) is 21.6. The van der Waals surface area contributed by atoms with E-state index < -0.39 is 5.97 Å². The summed E-state index contributed by atoms with van der Waals surface area (Å²) in [5.41, 5.74) is 4.72. The highest BCUT2D eigenvalue weighted by Crippen LogP contribution is 2.39. The van der Waals surface area contributed by atoms with Gasteiger partial charge < -0.3 is 9.47 Å². The lowest BCUT2D eigenvalue weighted by Crippen LogP contribution is -2.13. The fourth-order valence-electron chi connectivity index (χ4n) is 3.56. The minimum absolute atomic E-state index is 0.00663. The molecule has 0 saturated carbocycles. The van der Waals surface area contributed by atoms with Crippen molar-refractivity contribution in [2.45, 2.75) is 40.0 Å². The third kappa shape index (κ3) is 4.22. The van der Waals surface area contributed by atoms with Crippen LogP contribution in [0.5, 0.6) is 11.5 Å². The van der Waals surface area contributed by atoms with Crippen molar-refractivity contribution in [3.63, 3.8) is 0 Å². The van der Waals surface area contributed by atoms with E-state index in [1.165, 1.54) is 0 Å². The predicted molar refractivity (Wildman–Crippen MR) is 125 cm³/mol. The van der Waals surface area contributed by atoms with E-state index in [9.17, 15) is 9.59 Å². The minimum Gasteiger partial charge on any atom is -0.452 e. The van der Waals surface area contributed by atoms with Crippen molar-refractivity contribution in [3.8, 4) is 11.5 Å². The summed E-state index contributed by atoms with van der Waals surface area (Å²) in [4.78, 5) is 25.5. The van der Waals surface area contributed by atoms with Gasteiger partial charge in [0.25, 0.3) is 0 Å². The van der Waals surface area contributed by atoms with E-state index in [4.69, 9.17) is 9.47 Å². The second-order valence-corrected chi connectivity index (χ2v) is 9.13. The highest BCUT2D eigenvalue weighted by Gasteiger charge is 2.30. The molecule has 0 unspecified atom stereocenters. The Morgan fingerprint density at radius 3 is 2.19 bits per heavy atom. The van der Waals surface area contributed by atoms with Crippen molar-refractivity contribution >= 4 is 17.8 Å². The van der Waals surface area contributed by atoms with Crippen molar-refractivity contribution in [1.29, 1.82) is 0 Å². The lowest BCUT2D eigenvalue weighted by atomic mass is 9.87. The summed E-state index contributed by atoms with van der Waals surface area (Å²) in [6.45, 7) is 10.2. The van der Waals surface area contributed by atoms with Crippen LogP contribution in [0.3, 0.4) is 0 Å². The molecule has 0 saturated heterocycles. The van der Waals surface area contributed by atoms with Crippen LogP contribution in [0.4, 0.5) is 0 Å². The number of aryl methyl sites for hydroxylation is 1. The number of hydrogen-bond donors (Lipinski definition) is 0. The second kappa shape index (κ2) is 8.12. The van der Waals surface area contributed by atoms with Gasteiger partial charge in [-0.25, -0.2) is 4.79 Å². The number of ketones is 1. The molecule has 0 spiro atoms. The van der Waals surface area contributed by atoms with Crippen LogP contribution in [0.1, 0.15) is 63.7 Å². The first-order chi connectivity index (χ1) is 15.1. The molecule has 32 heavy (non-hydrogen) atoms. The number of ether oxygens (including phenoxy) is 2. The Hall–Kier alpha value is -3.66. The van der Waals surface area contributed by atoms with Gasteiger partial charge in [-0.1, -0.05) is 62.7 Å². The van der Waals surface area contributed by atoms with Crippen LogP contribution in [0.15, 0.2) is 66.4 Å². The topological polar surface area (TPSA) is 52.6 Å². The second-order valence-electron chi connectivity index (χ2n) is 9.13. The van der Waals surface area contributed by atoms with E-state index in [0.29, 0.717) is 28.2 Å². The largest absolute Gasteiger partial charge is 0.452 e. The highest BCUT2D eigenvalue weighted by atomic mass is 16.5. The zero-order valence-electron chi connectivity index (χ0n) is 19.0. The maximum absolute atomic E-state index is 12.8. The lowest BCUT2D eigenvalue weighted by Gasteiger charge is -2.19. The third-order valence-corrected chi connectivity index (χ3v) is 5.60. The fourth-order valence-corrected chi connectivity index (χ4v) is 3.56. The van der Waals surface area contributed by atoms with Gasteiger partial charge in [0.2, 0.25) is 5.78 Å². The van der Waals surface area contributed by atoms with Gasteiger partial charge in [0.05, 0.1) is 11.1 Å². The molecule has 0 aromatic heterocycles. The molecule has 1 aliphatic heterocycles. The maximum atomic E-state index is 12.8. The molecule has 0 radical (unpaired) electrons. The number of allylic oxidation sites excluding steroid dienone is 1. The summed E-state index contributed by atoms with van der Waals surface area (Å²) in [6.07, 6.45) is 1.73. The Bertz CT molecular complexity index is 1220. The number of fused-ring (bicyclic) bond motifs is 1. The summed E-state index contributed by atoms with van der Waals surface area (Å²) >= 11 is 0. The lowest BCUT2D eigenvalue weighted by molar-refractivity contribution is 0.0733. The highest BCUT2D eigenvalue weighted by molar-refractivity contribution is 6.15. The summed E-state index contributed by atoms with van der Waals surface area (Å²) in [6, 6.07) is 18.6. The Kier molecular flexibility index (Phi) is 5.47. The van der Waals surface area contributed by atoms with Crippen LogP contribution in [-0.2, 0) is 5.41 Å². The molecule has 0 bridgehead atoms. The van der Waals surface area contributed by atoms with Gasteiger partial charge in [-0.2, -0.15) is 0 Å². The van der Waals surface area contributed by atoms with Gasteiger partial charge in [-0.15, -0.1) is 0 Å². The molecular weight excluding hydrogens is 400 g/mol. The minimum atomic E-state index is -0.451. The van der Waals surface area contributed by atoms with Crippen molar-refractivity contribution in [3.05, 3.63) is 99.8 Å². The summed E-state index contributed by atoms with van der Waals surface area (Å²) < 4.78 is 11.5. The van der Waals surface area contributed by atoms with Crippen LogP contribution in [0.25, 0.3) is 6.08 Å². The molecule has 4 nitrogen and oxygen atoms in total. The molecule has 162 valence electrons. The molecular formula is C28H26O4. The molecule has 3 aromatic rings. The van der Waals surface area contributed by atoms with Crippen LogP contribution in [-0.4, -0.2) is 11.8 Å². The standard InChI is InChI=1S/C28H26O4/c1-17-6-8-19(9-7-17)16-24-25(29)22-14-15-23(18(2)26(22)31-24)32-27(30)20-10-12-21(13-11-20)28(3,4)5/h6-16H,1-5H3/b24-16-. The zero-order chi connectivity index (χ0) is 23.0. The molecule has 0 aliphatic carbocycles. The van der Waals surface area contributed by atoms with Crippen LogP contribution in [0.2, 0.25) is 0 Å². The molecule has 4 heteroatoms. The van der Waals surface area contributed by atoms with Gasteiger partial charge in [-0.3, -0.25) is 4.79 Å². The normalized spacial score (nSPS) is 14.3. The first-order valence-corrected chi connectivity index (χ1v) is 10.6. The molecule has 4 rings (SSSR count). The van der Waals surface area contributed by atoms with E-state index in [2.05, 4.69) is 20.8 Å². The van der Waals surface area contributed by atoms with Gasteiger partial charge >= 0.3 is 5.97 Å². The van der Waals surface area contributed by atoms with E-state index in [-0.39, 0.29) is 17.0 Å². The van der Waals surface area contributed by atoms with Crippen LogP contribution >= 0.6 is 0 Å². The first-order valence-electron chi connectivity index (χ1n) is 10.6. The predicted octanol–water partition coefficient (Wildman–Crippen LogP) is 6.44. The molecule has 3 aromatic carbocycles. The molecule has 0 amide bonds. The maximum Gasteiger partial charge on any atom is 0.343 e. The van der Waals surface area contributed by atoms with Crippen LogP contribution < -0.4 is 9.47 Å². The number of carbonyl (C=O) groups is 2. The average molecular weight is 427 g/mol. The fraction of sp³-hybridized carbons (Fsp3) is 0.214. The van der Waals surface area contributed by atoms with Crippen LogP contribution in [0, 0.1) is 13.8 Å². The Labute approximate surface area is 188 Å². The Morgan fingerprint density at radius 2 is 1.56 bits per heavy atom. The van der Waals surface area contributed by atoms with Crippen molar-refractivity contribution < 1.29 is 19.1 Å². The van der Waals surface area contributed by atoms with E-state index in [1.807, 2.05) is 43.3 Å². The van der Waals surface area contributed by atoms with Gasteiger partial charge in [0.1, 0.15) is 11.5 Å². The number of Topliss-reactive ketones (excluding diaryl/α,β-unsaturated/α-hetero) is 1. The molecule has 0 fully saturated rings. The number of hydrogen-bond acceptors (Lipinski definition) is 4. The number of carbonyl (C=O) groups excluding carboxylic acids is 2. The summed E-state index contributed by atoms with van der Waals surface area (Å²) in [7, 11) is 0. The third-order valence-electron chi connectivity index (χ3n) is 5.60. The average Bonchev–Trinajstić information content (AvgIpc) is 3.07. The molecule has 1 heterocycles. The molecule has 0 N–H and O–H groups in total. The number of esters is 1. The van der Waals surface area contributed by atoms with Gasteiger partial charge in [-0.05, 0) is 60.7 Å². The van der Waals surface area contributed by atoms with Crippen molar-refractivity contribution in [1.82, 2.24) is 0 Å². The quantitative estimate of drug-likeness (QED) is 0.275. The van der Waals surface area contributed by atoms with E-state index in [1.54, 1.807) is 37.3 Å². The van der Waals surface area contributed by atoms with Gasteiger partial charge in [0, 0.05) is 5.56 Å². The van der Waals surface area contributed by atoms with E-state index >= 15 is 0 Å². The van der Waals surface area contributed by atoms with Gasteiger partial charge in [0.15, 0.2) is 5.76 Å². The van der Waals surface area contributed by atoms with Crippen molar-refractivity contribution in [2.24, 2.45) is 0 Å². The summed E-state index contributed by atoms with van der Waals surface area (Å²) in [5.74, 6) is 0.431. The summed E-state index contributed by atoms with van der Waals surface area (Å²) in [5, 5.41) is 0. The number of benzene rings is 3. The number of rotatable bonds is 3. The van der Waals surface area contributed by atoms with E-state index in [0.717, 1.165) is 16.7 Å². The Balaban J connectivity index is 1.56. The Morgan fingerprint density at radius 1 is 0.906 bits per heavy atom.